The van der Waals surface area contributed by atoms with Crippen molar-refractivity contribution in [1.82, 2.24) is 5.32 Å². The van der Waals surface area contributed by atoms with Gasteiger partial charge in [0.15, 0.2) is 0 Å². The van der Waals surface area contributed by atoms with Crippen LogP contribution in [-0.2, 0) is 0 Å². The van der Waals surface area contributed by atoms with Gasteiger partial charge in [-0.25, -0.2) is 0 Å². The van der Waals surface area contributed by atoms with Gasteiger partial charge in [0.25, 0.3) is 0 Å². The first-order chi connectivity index (χ1) is 10.3. The predicted octanol–water partition coefficient (Wildman–Crippen LogP) is 4.98. The summed E-state index contributed by atoms with van der Waals surface area (Å²) in [5.74, 6) is 0.664. The summed E-state index contributed by atoms with van der Waals surface area (Å²) in [4.78, 5) is 0. The summed E-state index contributed by atoms with van der Waals surface area (Å²) in [6, 6.07) is 20.7. The van der Waals surface area contributed by atoms with Crippen molar-refractivity contribution in [2.45, 2.75) is 51.1 Å². The van der Waals surface area contributed by atoms with Crippen molar-refractivity contribution < 1.29 is 0 Å². The van der Waals surface area contributed by atoms with Gasteiger partial charge < -0.3 is 5.32 Å². The van der Waals surface area contributed by atoms with Gasteiger partial charge in [-0.3, -0.25) is 0 Å². The molecule has 1 fully saturated rings. The van der Waals surface area contributed by atoms with Gasteiger partial charge in [0.2, 0.25) is 0 Å². The number of hydrogen-bond donors (Lipinski definition) is 1. The third-order valence-corrected chi connectivity index (χ3v) is 4.87. The molecule has 0 bridgehead atoms. The number of rotatable bonds is 4. The van der Waals surface area contributed by atoms with Crippen LogP contribution in [-0.4, -0.2) is 6.04 Å². The zero-order valence-corrected chi connectivity index (χ0v) is 13.0. The topological polar surface area (TPSA) is 12.0 Å². The molecule has 2 aromatic carbocycles. The lowest BCUT2D eigenvalue weighted by atomic mass is 9.90. The van der Waals surface area contributed by atoms with Crippen LogP contribution >= 0.6 is 0 Å². The minimum absolute atomic E-state index is 0.417. The smallest absolute Gasteiger partial charge is 0.0294 e. The second kappa shape index (κ2) is 6.44. The highest BCUT2D eigenvalue weighted by molar-refractivity contribution is 5.31. The van der Waals surface area contributed by atoms with Crippen molar-refractivity contribution >= 4 is 0 Å². The molecule has 1 N–H and O–H groups in total. The van der Waals surface area contributed by atoms with Gasteiger partial charge in [0, 0.05) is 12.1 Å². The van der Waals surface area contributed by atoms with Gasteiger partial charge in [-0.2, -0.15) is 0 Å². The Hall–Kier alpha value is -1.60. The Morgan fingerprint density at radius 1 is 0.952 bits per heavy atom. The molecular formula is C20H25N. The Kier molecular flexibility index (Phi) is 4.40. The van der Waals surface area contributed by atoms with E-state index >= 15 is 0 Å². The van der Waals surface area contributed by atoms with Crippen LogP contribution in [0.3, 0.4) is 0 Å². The number of nitrogens with one attached hydrogen (secondary N) is 1. The fourth-order valence-corrected chi connectivity index (χ4v) is 3.69. The first-order valence-electron chi connectivity index (χ1n) is 8.12. The first-order valence-corrected chi connectivity index (χ1v) is 8.12. The molecule has 0 radical (unpaired) electrons. The van der Waals surface area contributed by atoms with Crippen LogP contribution in [0.15, 0.2) is 54.6 Å². The summed E-state index contributed by atoms with van der Waals surface area (Å²) < 4.78 is 0. The van der Waals surface area contributed by atoms with Crippen molar-refractivity contribution in [3.8, 4) is 0 Å². The molecule has 2 aromatic rings. The van der Waals surface area contributed by atoms with E-state index in [1.54, 1.807) is 0 Å². The lowest BCUT2D eigenvalue weighted by molar-refractivity contribution is 0.427. The standard InChI is InChI=1S/C20H25N/c1-15-9-6-7-12-18(15)19-13-8-14-20(19)21-16(2)17-10-4-3-5-11-17/h3-7,9-12,16,19-21H,8,13-14H2,1-2H3/t16-,19-,20-/m1/s1. The lowest BCUT2D eigenvalue weighted by Gasteiger charge is -2.26. The summed E-state index contributed by atoms with van der Waals surface area (Å²) in [5.41, 5.74) is 4.35. The Labute approximate surface area is 128 Å². The molecule has 0 unspecified atom stereocenters. The van der Waals surface area contributed by atoms with Gasteiger partial charge in [-0.05, 0) is 49.3 Å². The molecule has 110 valence electrons. The summed E-state index contributed by atoms with van der Waals surface area (Å²) in [7, 11) is 0. The lowest BCUT2D eigenvalue weighted by Crippen LogP contribution is -2.33. The average molecular weight is 279 g/mol. The second-order valence-electron chi connectivity index (χ2n) is 6.30. The maximum absolute atomic E-state index is 3.87. The van der Waals surface area contributed by atoms with E-state index in [4.69, 9.17) is 0 Å². The highest BCUT2D eigenvalue weighted by atomic mass is 15.0. The van der Waals surface area contributed by atoms with E-state index in [0.717, 1.165) is 0 Å². The molecule has 1 aliphatic rings. The Bertz CT molecular complexity index is 575. The van der Waals surface area contributed by atoms with Crippen molar-refractivity contribution in [2.24, 2.45) is 0 Å². The summed E-state index contributed by atoms with van der Waals surface area (Å²) in [5, 5.41) is 3.87. The van der Waals surface area contributed by atoms with E-state index in [-0.39, 0.29) is 0 Å². The second-order valence-corrected chi connectivity index (χ2v) is 6.30. The molecule has 0 aromatic heterocycles. The van der Waals surface area contributed by atoms with Gasteiger partial charge in [0.05, 0.1) is 0 Å². The predicted molar refractivity (Wildman–Crippen MR) is 89.6 cm³/mol. The van der Waals surface area contributed by atoms with Crippen LogP contribution in [0.25, 0.3) is 0 Å². The zero-order chi connectivity index (χ0) is 14.7. The van der Waals surface area contributed by atoms with Crippen LogP contribution in [0, 0.1) is 6.92 Å². The highest BCUT2D eigenvalue weighted by Gasteiger charge is 2.30. The molecule has 0 saturated heterocycles. The van der Waals surface area contributed by atoms with Gasteiger partial charge in [-0.1, -0.05) is 61.0 Å². The molecule has 21 heavy (non-hydrogen) atoms. The van der Waals surface area contributed by atoms with E-state index in [1.807, 2.05) is 0 Å². The van der Waals surface area contributed by atoms with Crippen molar-refractivity contribution in [3.05, 3.63) is 71.3 Å². The van der Waals surface area contributed by atoms with Crippen LogP contribution in [0.4, 0.5) is 0 Å². The first kappa shape index (κ1) is 14.3. The minimum Gasteiger partial charge on any atom is -0.307 e. The fourth-order valence-electron chi connectivity index (χ4n) is 3.69. The Morgan fingerprint density at radius 2 is 1.67 bits per heavy atom. The summed E-state index contributed by atoms with van der Waals surface area (Å²) in [6.07, 6.45) is 3.93. The van der Waals surface area contributed by atoms with Crippen molar-refractivity contribution in [3.63, 3.8) is 0 Å². The van der Waals surface area contributed by atoms with E-state index in [2.05, 4.69) is 73.8 Å². The molecular weight excluding hydrogens is 254 g/mol. The van der Waals surface area contributed by atoms with Crippen LogP contribution in [0.1, 0.15) is 54.8 Å². The molecule has 1 nitrogen and oxygen atoms in total. The monoisotopic (exact) mass is 279 g/mol. The van der Waals surface area contributed by atoms with Crippen molar-refractivity contribution in [2.75, 3.05) is 0 Å². The minimum atomic E-state index is 0.417. The molecule has 0 aliphatic heterocycles. The van der Waals surface area contributed by atoms with Crippen LogP contribution < -0.4 is 5.32 Å². The molecule has 1 saturated carbocycles. The third kappa shape index (κ3) is 3.19. The molecule has 1 heteroatoms. The fraction of sp³-hybridized carbons (Fsp3) is 0.400. The van der Waals surface area contributed by atoms with Gasteiger partial charge in [0.1, 0.15) is 0 Å². The molecule has 1 aliphatic carbocycles. The van der Waals surface area contributed by atoms with E-state index in [0.29, 0.717) is 18.0 Å². The summed E-state index contributed by atoms with van der Waals surface area (Å²) in [6.45, 7) is 4.52. The van der Waals surface area contributed by atoms with Gasteiger partial charge in [-0.15, -0.1) is 0 Å². The Morgan fingerprint density at radius 3 is 2.43 bits per heavy atom. The summed E-state index contributed by atoms with van der Waals surface area (Å²) >= 11 is 0. The average Bonchev–Trinajstić information content (AvgIpc) is 2.96. The molecule has 0 spiro atoms. The number of aryl methyl sites for hydroxylation is 1. The Balaban J connectivity index is 1.74. The van der Waals surface area contributed by atoms with E-state index in [9.17, 15) is 0 Å². The number of hydrogen-bond acceptors (Lipinski definition) is 1. The van der Waals surface area contributed by atoms with E-state index in [1.165, 1.54) is 36.0 Å². The van der Waals surface area contributed by atoms with Crippen LogP contribution in [0.2, 0.25) is 0 Å². The molecule has 0 amide bonds. The van der Waals surface area contributed by atoms with Gasteiger partial charge >= 0.3 is 0 Å². The SMILES string of the molecule is Cc1ccccc1[C@H]1CCC[C@H]1N[C@H](C)c1ccccc1. The van der Waals surface area contributed by atoms with Crippen LogP contribution in [0.5, 0.6) is 0 Å². The maximum Gasteiger partial charge on any atom is 0.0294 e. The van der Waals surface area contributed by atoms with E-state index < -0.39 is 0 Å². The normalized spacial score (nSPS) is 23.1. The zero-order valence-electron chi connectivity index (χ0n) is 13.0. The third-order valence-electron chi connectivity index (χ3n) is 4.87. The highest BCUT2D eigenvalue weighted by Crippen LogP contribution is 2.37. The number of benzene rings is 2. The largest absolute Gasteiger partial charge is 0.307 e. The molecule has 3 rings (SSSR count). The maximum atomic E-state index is 3.87. The van der Waals surface area contributed by atoms with Crippen molar-refractivity contribution in [1.29, 1.82) is 0 Å². The molecule has 0 heterocycles. The quantitative estimate of drug-likeness (QED) is 0.832. The molecule has 3 atom stereocenters.